The molecule has 0 saturated heterocycles. The van der Waals surface area contributed by atoms with Crippen LogP contribution in [0.15, 0.2) is 0 Å². The molecule has 0 amide bonds. The van der Waals surface area contributed by atoms with Gasteiger partial charge in [-0.25, -0.2) is 0 Å². The first-order valence-electron chi connectivity index (χ1n) is 10.6. The monoisotopic (exact) mass is 600 g/mol. The molecule has 0 saturated carbocycles. The standard InChI is InChI=1S/C18H44N2O4S6Si2/c1-19(2)15(29(11-9-13-31)17(21-5)22-6)25-27-28-26-16(20(3)4)30(12-10-14-32)18(23-7)24-8/h17-18H,9-14H2,1-8,31-32H3. The molecule has 0 radical (unpaired) electrons. The van der Waals surface area contributed by atoms with Crippen molar-refractivity contribution >= 4 is 91.3 Å². The normalized spacial score (nSPS) is 15.4. The lowest BCUT2D eigenvalue weighted by molar-refractivity contribution is -0.0349. The van der Waals surface area contributed by atoms with E-state index in [1.54, 1.807) is 28.4 Å². The lowest BCUT2D eigenvalue weighted by atomic mass is 10.6. The summed E-state index contributed by atoms with van der Waals surface area (Å²) in [4.78, 5) is 4.45. The molecule has 0 aromatic rings. The van der Waals surface area contributed by atoms with Crippen LogP contribution in [0.2, 0.25) is 12.1 Å². The van der Waals surface area contributed by atoms with Crippen LogP contribution in [0.4, 0.5) is 0 Å². The third-order valence-electron chi connectivity index (χ3n) is 4.09. The third-order valence-corrected chi connectivity index (χ3v) is 18.7. The van der Waals surface area contributed by atoms with Crippen molar-refractivity contribution in [1.82, 2.24) is 9.80 Å². The molecule has 2 atom stereocenters. The lowest BCUT2D eigenvalue weighted by Crippen LogP contribution is -2.24. The van der Waals surface area contributed by atoms with Gasteiger partial charge in [0.1, 0.15) is 0 Å². The zero-order valence-electron chi connectivity index (χ0n) is 21.4. The molecule has 14 heteroatoms. The molecule has 0 aliphatic rings. The summed E-state index contributed by atoms with van der Waals surface area (Å²) in [7, 11) is 25.0. The number of rotatable bonds is 15. The molecule has 0 spiro atoms. The van der Waals surface area contributed by atoms with Gasteiger partial charge in [-0.2, -0.15) is 0 Å². The second kappa shape index (κ2) is 21.2. The Labute approximate surface area is 223 Å². The van der Waals surface area contributed by atoms with Crippen LogP contribution in [0.25, 0.3) is 0 Å². The van der Waals surface area contributed by atoms with Gasteiger partial charge >= 0.3 is 0 Å². The topological polar surface area (TPSA) is 43.4 Å². The molecule has 32 heavy (non-hydrogen) atoms. The average molecular weight is 601 g/mol. The molecule has 0 aromatic carbocycles. The molecular weight excluding hydrogens is 557 g/mol. The van der Waals surface area contributed by atoms with Crippen LogP contribution < -0.4 is 0 Å². The fourth-order valence-corrected chi connectivity index (χ4v) is 18.1. The maximum Gasteiger partial charge on any atom is 0.203 e. The Hall–Kier alpha value is 2.03. The van der Waals surface area contributed by atoms with Crippen molar-refractivity contribution in [3.05, 3.63) is 0 Å². The Bertz CT molecular complexity index is 518. The molecule has 2 unspecified atom stereocenters. The summed E-state index contributed by atoms with van der Waals surface area (Å²) in [6.07, 6.45) is 2.44. The van der Waals surface area contributed by atoms with Crippen LogP contribution in [-0.4, -0.2) is 118 Å². The van der Waals surface area contributed by atoms with Crippen molar-refractivity contribution in [2.45, 2.75) is 36.2 Å². The second-order valence-corrected chi connectivity index (χ2v) is 19.4. The maximum absolute atomic E-state index is 5.67. The van der Waals surface area contributed by atoms with Gasteiger partial charge < -0.3 is 18.9 Å². The minimum Gasteiger partial charge on any atom is -0.347 e. The van der Waals surface area contributed by atoms with E-state index in [1.165, 1.54) is 54.1 Å². The van der Waals surface area contributed by atoms with Gasteiger partial charge in [0.15, 0.2) is 0 Å². The summed E-state index contributed by atoms with van der Waals surface area (Å²) in [5, 5.41) is 0. The van der Waals surface area contributed by atoms with Crippen molar-refractivity contribution in [2.75, 3.05) is 68.1 Å². The van der Waals surface area contributed by atoms with E-state index in [4.69, 9.17) is 18.9 Å². The number of nitrogens with zero attached hydrogens (tertiary/aromatic N) is 2. The van der Waals surface area contributed by atoms with Crippen molar-refractivity contribution in [1.29, 1.82) is 0 Å². The molecule has 0 N–H and O–H groups in total. The van der Waals surface area contributed by atoms with Gasteiger partial charge in [0, 0.05) is 48.9 Å². The highest BCUT2D eigenvalue weighted by Gasteiger charge is 2.21. The molecule has 0 heterocycles. The molecule has 194 valence electrons. The van der Waals surface area contributed by atoms with Gasteiger partial charge in [-0.05, 0) is 93.8 Å². The molecule has 0 aliphatic heterocycles. The quantitative estimate of drug-likeness (QED) is 0.0922. The smallest absolute Gasteiger partial charge is 0.203 e. The Balaban J connectivity index is 5.56. The van der Waals surface area contributed by atoms with Gasteiger partial charge in [-0.3, -0.25) is 9.80 Å². The van der Waals surface area contributed by atoms with Crippen molar-refractivity contribution in [3.63, 3.8) is 0 Å². The largest absolute Gasteiger partial charge is 0.347 e. The summed E-state index contributed by atoms with van der Waals surface area (Å²) in [6, 6.07) is 2.60. The van der Waals surface area contributed by atoms with E-state index in [-0.39, 0.29) is 32.2 Å². The Kier molecular flexibility index (Phi) is 22.5. The number of hydrogen-bond donors (Lipinski definition) is 0. The Morgan fingerprint density at radius 3 is 1.22 bits per heavy atom. The van der Waals surface area contributed by atoms with Crippen molar-refractivity contribution in [2.24, 2.45) is 0 Å². The van der Waals surface area contributed by atoms with Crippen LogP contribution in [-0.2, 0) is 18.9 Å². The maximum atomic E-state index is 5.67. The first-order chi connectivity index (χ1) is 15.3. The van der Waals surface area contributed by atoms with Crippen molar-refractivity contribution < 1.29 is 18.9 Å². The molecule has 0 fully saturated rings. The fraction of sp³-hybridized carbons (Fsp3) is 0.889. The van der Waals surface area contributed by atoms with Gasteiger partial charge in [0.05, 0.1) is 8.64 Å². The van der Waals surface area contributed by atoms with E-state index in [2.05, 4.69) is 38.0 Å². The van der Waals surface area contributed by atoms with Crippen LogP contribution in [0.5, 0.6) is 0 Å². The van der Waals surface area contributed by atoms with E-state index in [9.17, 15) is 0 Å². The van der Waals surface area contributed by atoms with Gasteiger partial charge in [0.25, 0.3) is 0 Å². The first-order valence-corrected chi connectivity index (χ1v) is 21.2. The Morgan fingerprint density at radius 2 is 1.00 bits per heavy atom. The van der Waals surface area contributed by atoms with E-state index in [1.807, 2.05) is 41.2 Å². The molecule has 0 aliphatic carbocycles. The zero-order chi connectivity index (χ0) is 24.5. The fourth-order valence-electron chi connectivity index (χ4n) is 2.58. The number of ether oxygens (including phenoxy) is 4. The minimum atomic E-state index is -0.192. The number of methoxy groups -OCH3 is 4. The highest BCUT2D eigenvalue weighted by Crippen LogP contribution is 2.49. The molecule has 0 bridgehead atoms. The van der Waals surface area contributed by atoms with Crippen LogP contribution in [0.3, 0.4) is 0 Å². The van der Waals surface area contributed by atoms with Crippen LogP contribution in [0.1, 0.15) is 12.8 Å². The SMILES string of the molecule is COC(OC)S(CCC[SiH3])=C(SSSSC(N(C)C)=S(CCC[SiH3])C(OC)OC)N(C)C. The molecule has 0 rings (SSSR count). The molecule has 0 aromatic heterocycles. The predicted molar refractivity (Wildman–Crippen MR) is 167 cm³/mol. The highest BCUT2D eigenvalue weighted by atomic mass is 33.7. The lowest BCUT2D eigenvalue weighted by Gasteiger charge is -2.26. The van der Waals surface area contributed by atoms with Gasteiger partial charge in [-0.15, -0.1) is 21.0 Å². The van der Waals surface area contributed by atoms with E-state index in [0.29, 0.717) is 0 Å². The number of hydrogen-bond acceptors (Lipinski definition) is 8. The summed E-state index contributed by atoms with van der Waals surface area (Å²) in [6.45, 7) is 0. The predicted octanol–water partition coefficient (Wildman–Crippen LogP) is 3.00. The van der Waals surface area contributed by atoms with Gasteiger partial charge in [-0.1, -0.05) is 12.1 Å². The van der Waals surface area contributed by atoms with E-state index in [0.717, 1.165) is 11.5 Å². The summed E-state index contributed by atoms with van der Waals surface area (Å²) in [5.74, 6) is 2.22. The van der Waals surface area contributed by atoms with E-state index < -0.39 is 0 Å². The Morgan fingerprint density at radius 1 is 0.688 bits per heavy atom. The second-order valence-electron chi connectivity index (χ2n) is 7.12. The first kappa shape index (κ1) is 34.0. The van der Waals surface area contributed by atoms with E-state index >= 15 is 0 Å². The average Bonchev–Trinajstić information content (AvgIpc) is 2.77. The van der Waals surface area contributed by atoms with Gasteiger partial charge in [0.2, 0.25) is 11.2 Å². The van der Waals surface area contributed by atoms with Crippen LogP contribution >= 0.6 is 62.2 Å². The summed E-state index contributed by atoms with van der Waals surface area (Å²) in [5.41, 5.74) is -0.384. The third kappa shape index (κ3) is 12.8. The minimum absolute atomic E-state index is 0.0880. The molecular formula is C18H44N2O4S6Si2. The summed E-state index contributed by atoms with van der Waals surface area (Å²) >= 11 is 0. The van der Waals surface area contributed by atoms with Crippen LogP contribution in [0, 0.1) is 0 Å². The molecule has 6 nitrogen and oxygen atoms in total. The summed E-state index contributed by atoms with van der Waals surface area (Å²) < 4.78 is 25.3. The van der Waals surface area contributed by atoms with Crippen molar-refractivity contribution in [3.8, 4) is 0 Å². The zero-order valence-corrected chi connectivity index (χ0v) is 30.3. The highest BCUT2D eigenvalue weighted by molar-refractivity contribution is 9.29.